The number of nitrogens with two attached hydrogens (primary N) is 1. The zero-order valence-electron chi connectivity index (χ0n) is 14.4. The van der Waals surface area contributed by atoms with Gasteiger partial charge in [0.05, 0.1) is 6.26 Å². The van der Waals surface area contributed by atoms with Crippen LogP contribution in [-0.4, -0.2) is 11.7 Å². The van der Waals surface area contributed by atoms with E-state index in [2.05, 4.69) is 6.92 Å². The van der Waals surface area contributed by atoms with Crippen LogP contribution >= 0.6 is 0 Å². The molecule has 0 spiro atoms. The van der Waals surface area contributed by atoms with E-state index in [0.29, 0.717) is 6.42 Å². The molecule has 1 rings (SSSR count). The lowest BCUT2D eigenvalue weighted by Crippen LogP contribution is -2.30. The van der Waals surface area contributed by atoms with E-state index in [1.165, 1.54) is 51.2 Å². The molecule has 2 N–H and O–H groups in total. The van der Waals surface area contributed by atoms with E-state index in [9.17, 15) is 9.59 Å². The summed E-state index contributed by atoms with van der Waals surface area (Å²) in [6.07, 6.45) is 14.2. The van der Waals surface area contributed by atoms with Gasteiger partial charge in [-0.2, -0.15) is 0 Å². The SMILES string of the molecule is CCCCCCCCCCCCC(C(N)=O)C(=O)c1ccco1. The highest BCUT2D eigenvalue weighted by molar-refractivity contribution is 6.08. The van der Waals surface area contributed by atoms with Crippen molar-refractivity contribution in [3.63, 3.8) is 0 Å². The molecule has 23 heavy (non-hydrogen) atoms. The van der Waals surface area contributed by atoms with Crippen molar-refractivity contribution in [3.8, 4) is 0 Å². The molecule has 0 fully saturated rings. The maximum absolute atomic E-state index is 12.1. The van der Waals surface area contributed by atoms with Gasteiger partial charge in [-0.05, 0) is 18.6 Å². The maximum Gasteiger partial charge on any atom is 0.228 e. The van der Waals surface area contributed by atoms with Crippen molar-refractivity contribution in [2.45, 2.75) is 77.6 Å². The third kappa shape index (κ3) is 8.00. The fraction of sp³-hybridized carbons (Fsp3) is 0.684. The van der Waals surface area contributed by atoms with E-state index >= 15 is 0 Å². The van der Waals surface area contributed by atoms with Gasteiger partial charge >= 0.3 is 0 Å². The van der Waals surface area contributed by atoms with E-state index in [-0.39, 0.29) is 11.5 Å². The monoisotopic (exact) mass is 321 g/mol. The first-order valence-corrected chi connectivity index (χ1v) is 9.03. The summed E-state index contributed by atoms with van der Waals surface area (Å²) < 4.78 is 5.07. The number of amides is 1. The average molecular weight is 321 g/mol. The number of primary amides is 1. The Kier molecular flexibility index (Phi) is 10.1. The van der Waals surface area contributed by atoms with Crippen molar-refractivity contribution in [1.29, 1.82) is 0 Å². The molecule has 0 aliphatic carbocycles. The first-order chi connectivity index (χ1) is 11.2. The number of unbranched alkanes of at least 4 members (excludes halogenated alkanes) is 9. The van der Waals surface area contributed by atoms with E-state index in [0.717, 1.165) is 19.3 Å². The summed E-state index contributed by atoms with van der Waals surface area (Å²) in [7, 11) is 0. The zero-order chi connectivity index (χ0) is 16.9. The minimum Gasteiger partial charge on any atom is -0.461 e. The van der Waals surface area contributed by atoms with Crippen LogP contribution in [0.1, 0.15) is 88.1 Å². The van der Waals surface area contributed by atoms with Gasteiger partial charge in [0.15, 0.2) is 5.76 Å². The number of hydrogen-bond donors (Lipinski definition) is 1. The summed E-state index contributed by atoms with van der Waals surface area (Å²) in [5, 5.41) is 0. The van der Waals surface area contributed by atoms with Gasteiger partial charge in [-0.15, -0.1) is 0 Å². The summed E-state index contributed by atoms with van der Waals surface area (Å²) in [6, 6.07) is 3.22. The highest BCUT2D eigenvalue weighted by Gasteiger charge is 2.26. The van der Waals surface area contributed by atoms with Crippen molar-refractivity contribution in [2.24, 2.45) is 11.7 Å². The van der Waals surface area contributed by atoms with Gasteiger partial charge in [-0.3, -0.25) is 9.59 Å². The second-order valence-electron chi connectivity index (χ2n) is 6.27. The van der Waals surface area contributed by atoms with Crippen molar-refractivity contribution in [2.75, 3.05) is 0 Å². The van der Waals surface area contributed by atoms with Crippen LogP contribution in [0.3, 0.4) is 0 Å². The maximum atomic E-state index is 12.1. The van der Waals surface area contributed by atoms with Gasteiger partial charge < -0.3 is 10.2 Å². The number of Topliss-reactive ketones (excluding diaryl/α,β-unsaturated/α-hetero) is 1. The summed E-state index contributed by atoms with van der Waals surface area (Å²) in [6.45, 7) is 2.23. The molecule has 1 unspecified atom stereocenters. The number of carbonyl (C=O) groups excluding carboxylic acids is 2. The highest BCUT2D eigenvalue weighted by atomic mass is 16.3. The topological polar surface area (TPSA) is 73.3 Å². The van der Waals surface area contributed by atoms with Gasteiger partial charge in [0.1, 0.15) is 5.92 Å². The number of furan rings is 1. The minimum atomic E-state index is -0.754. The molecule has 0 bridgehead atoms. The van der Waals surface area contributed by atoms with Crippen LogP contribution in [-0.2, 0) is 4.79 Å². The third-order valence-electron chi connectivity index (χ3n) is 4.27. The molecule has 1 aromatic heterocycles. The van der Waals surface area contributed by atoms with Gasteiger partial charge in [0.2, 0.25) is 11.7 Å². The van der Waals surface area contributed by atoms with E-state index in [1.54, 1.807) is 12.1 Å². The summed E-state index contributed by atoms with van der Waals surface area (Å²) >= 11 is 0. The molecule has 130 valence electrons. The van der Waals surface area contributed by atoms with Gasteiger partial charge in [0.25, 0.3) is 0 Å². The van der Waals surface area contributed by atoms with E-state index in [4.69, 9.17) is 10.2 Å². The Morgan fingerprint density at radius 2 is 1.57 bits per heavy atom. The Morgan fingerprint density at radius 1 is 1.00 bits per heavy atom. The molecule has 0 saturated carbocycles. The lowest BCUT2D eigenvalue weighted by molar-refractivity contribution is -0.120. The van der Waals surface area contributed by atoms with Gasteiger partial charge in [-0.1, -0.05) is 71.1 Å². The molecule has 0 saturated heterocycles. The largest absolute Gasteiger partial charge is 0.461 e. The fourth-order valence-corrected chi connectivity index (χ4v) is 2.83. The molecular weight excluding hydrogens is 290 g/mol. The van der Waals surface area contributed by atoms with Crippen LogP contribution in [0.25, 0.3) is 0 Å². The zero-order valence-corrected chi connectivity index (χ0v) is 14.4. The number of hydrogen-bond acceptors (Lipinski definition) is 3. The number of rotatable bonds is 14. The van der Waals surface area contributed by atoms with E-state index < -0.39 is 11.8 Å². The number of ketones is 1. The Labute approximate surface area is 139 Å². The second kappa shape index (κ2) is 11.9. The average Bonchev–Trinajstić information content (AvgIpc) is 3.06. The lowest BCUT2D eigenvalue weighted by Gasteiger charge is -2.10. The molecule has 0 aliphatic rings. The van der Waals surface area contributed by atoms with Crippen LogP contribution in [0.2, 0.25) is 0 Å². The molecule has 1 amide bonds. The molecule has 1 heterocycles. The van der Waals surface area contributed by atoms with Crippen molar-refractivity contribution in [1.82, 2.24) is 0 Å². The highest BCUT2D eigenvalue weighted by Crippen LogP contribution is 2.18. The Balaban J connectivity index is 2.12. The molecule has 0 radical (unpaired) electrons. The molecule has 0 aliphatic heterocycles. The number of carbonyl (C=O) groups is 2. The normalized spacial score (nSPS) is 12.2. The molecule has 4 heteroatoms. The fourth-order valence-electron chi connectivity index (χ4n) is 2.83. The first kappa shape index (κ1) is 19.5. The summed E-state index contributed by atoms with van der Waals surface area (Å²) in [4.78, 5) is 23.6. The molecule has 1 atom stereocenters. The molecule has 0 aromatic carbocycles. The predicted octanol–water partition coefficient (Wildman–Crippen LogP) is 4.87. The van der Waals surface area contributed by atoms with Crippen LogP contribution in [0.5, 0.6) is 0 Å². The van der Waals surface area contributed by atoms with Crippen LogP contribution in [0.4, 0.5) is 0 Å². The summed E-state index contributed by atoms with van der Waals surface area (Å²) in [5.41, 5.74) is 5.36. The smallest absolute Gasteiger partial charge is 0.228 e. The lowest BCUT2D eigenvalue weighted by atomic mass is 9.94. The van der Waals surface area contributed by atoms with Crippen LogP contribution in [0.15, 0.2) is 22.8 Å². The predicted molar refractivity (Wildman–Crippen MR) is 92.2 cm³/mol. The van der Waals surface area contributed by atoms with Crippen molar-refractivity contribution >= 4 is 11.7 Å². The minimum absolute atomic E-state index is 0.223. The second-order valence-corrected chi connectivity index (χ2v) is 6.27. The molecular formula is C19H31NO3. The van der Waals surface area contributed by atoms with Gasteiger partial charge in [0, 0.05) is 0 Å². The quantitative estimate of drug-likeness (QED) is 0.301. The Morgan fingerprint density at radius 3 is 2.04 bits per heavy atom. The van der Waals surface area contributed by atoms with Crippen molar-refractivity contribution in [3.05, 3.63) is 24.2 Å². The van der Waals surface area contributed by atoms with Crippen LogP contribution in [0, 0.1) is 5.92 Å². The van der Waals surface area contributed by atoms with Gasteiger partial charge in [-0.25, -0.2) is 0 Å². The molecule has 1 aromatic rings. The summed E-state index contributed by atoms with van der Waals surface area (Å²) in [5.74, 6) is -1.38. The van der Waals surface area contributed by atoms with Crippen LogP contribution < -0.4 is 5.73 Å². The third-order valence-corrected chi connectivity index (χ3v) is 4.27. The van der Waals surface area contributed by atoms with E-state index in [1.807, 2.05) is 0 Å². The Hall–Kier alpha value is -1.58. The molecule has 4 nitrogen and oxygen atoms in total. The Bertz CT molecular complexity index is 439. The standard InChI is InChI=1S/C19H31NO3/c1-2-3-4-5-6-7-8-9-10-11-13-16(19(20)22)18(21)17-14-12-15-23-17/h12,14-16H,2-11,13H2,1H3,(H2,20,22). The first-order valence-electron chi connectivity index (χ1n) is 9.03. The van der Waals surface area contributed by atoms with Crippen molar-refractivity contribution < 1.29 is 14.0 Å².